The molecule has 0 N–H and O–H groups in total. The Hall–Kier alpha value is -0.0400. The zero-order chi connectivity index (χ0) is 8.85. The lowest BCUT2D eigenvalue weighted by atomic mass is 9.78. The van der Waals surface area contributed by atoms with Crippen molar-refractivity contribution >= 4 is 0 Å². The predicted molar refractivity (Wildman–Crippen MR) is 51.8 cm³/mol. The van der Waals surface area contributed by atoms with E-state index in [0.717, 1.165) is 12.0 Å². The maximum absolute atomic E-state index is 2.34. The van der Waals surface area contributed by atoms with Crippen molar-refractivity contribution in [2.24, 2.45) is 5.92 Å². The van der Waals surface area contributed by atoms with Gasteiger partial charge in [-0.3, -0.25) is 0 Å². The van der Waals surface area contributed by atoms with Crippen molar-refractivity contribution in [2.75, 3.05) is 14.1 Å². The molecule has 0 amide bonds. The summed E-state index contributed by atoms with van der Waals surface area (Å²) in [6, 6.07) is 0.898. The summed E-state index contributed by atoms with van der Waals surface area (Å²) >= 11 is 0. The average molecular weight is 157 g/mol. The molecular formula is C10H23N. The molecule has 0 heterocycles. The van der Waals surface area contributed by atoms with Crippen molar-refractivity contribution in [1.82, 2.24) is 4.90 Å². The smallest absolute Gasteiger partial charge is 0.00944 e. The van der Waals surface area contributed by atoms with Crippen LogP contribution in [0.3, 0.4) is 0 Å². The SMILES string of the molecule is CC.CCC1CC(N(C)C)C1. The van der Waals surface area contributed by atoms with E-state index in [-0.39, 0.29) is 0 Å². The molecule has 0 bridgehead atoms. The molecule has 1 rings (SSSR count). The summed E-state index contributed by atoms with van der Waals surface area (Å²) in [7, 11) is 4.35. The van der Waals surface area contributed by atoms with E-state index in [1.165, 1.54) is 19.3 Å². The number of rotatable bonds is 2. The molecule has 0 atom stereocenters. The first kappa shape index (κ1) is 11.0. The molecule has 0 aliphatic heterocycles. The highest BCUT2D eigenvalue weighted by atomic mass is 15.1. The van der Waals surface area contributed by atoms with Crippen LogP contribution in [-0.4, -0.2) is 25.0 Å². The zero-order valence-electron chi connectivity index (χ0n) is 8.72. The molecule has 0 aromatic rings. The van der Waals surface area contributed by atoms with Gasteiger partial charge in [-0.05, 0) is 32.9 Å². The molecule has 1 aliphatic rings. The second-order valence-corrected chi connectivity index (χ2v) is 3.36. The molecule has 0 radical (unpaired) electrons. The fraction of sp³-hybridized carbons (Fsp3) is 1.00. The Bertz CT molecular complexity index is 82.9. The quantitative estimate of drug-likeness (QED) is 0.596. The van der Waals surface area contributed by atoms with Crippen molar-refractivity contribution in [3.05, 3.63) is 0 Å². The van der Waals surface area contributed by atoms with Crippen LogP contribution in [0.2, 0.25) is 0 Å². The Balaban J connectivity index is 0.000000461. The maximum Gasteiger partial charge on any atom is 0.00944 e. The molecule has 0 saturated heterocycles. The minimum absolute atomic E-state index is 0.898. The van der Waals surface area contributed by atoms with Gasteiger partial charge in [-0.15, -0.1) is 0 Å². The molecule has 0 aromatic carbocycles. The number of nitrogens with zero attached hydrogens (tertiary/aromatic N) is 1. The van der Waals surface area contributed by atoms with Gasteiger partial charge in [0.2, 0.25) is 0 Å². The van der Waals surface area contributed by atoms with Crippen LogP contribution in [0.4, 0.5) is 0 Å². The van der Waals surface area contributed by atoms with Gasteiger partial charge in [0.25, 0.3) is 0 Å². The number of hydrogen-bond acceptors (Lipinski definition) is 1. The summed E-state index contributed by atoms with van der Waals surface area (Å²) in [5.74, 6) is 1.04. The van der Waals surface area contributed by atoms with E-state index >= 15 is 0 Å². The van der Waals surface area contributed by atoms with Gasteiger partial charge < -0.3 is 4.90 Å². The van der Waals surface area contributed by atoms with Crippen molar-refractivity contribution in [3.63, 3.8) is 0 Å². The first-order valence-electron chi connectivity index (χ1n) is 4.90. The van der Waals surface area contributed by atoms with E-state index < -0.39 is 0 Å². The summed E-state index contributed by atoms with van der Waals surface area (Å²) < 4.78 is 0. The van der Waals surface area contributed by atoms with Crippen LogP contribution >= 0.6 is 0 Å². The molecule has 0 unspecified atom stereocenters. The predicted octanol–water partition coefficient (Wildman–Crippen LogP) is 2.76. The fourth-order valence-electron chi connectivity index (χ4n) is 1.46. The summed E-state index contributed by atoms with van der Waals surface area (Å²) in [5.41, 5.74) is 0. The molecular weight excluding hydrogens is 134 g/mol. The first-order chi connectivity index (χ1) is 5.24. The van der Waals surface area contributed by atoms with Gasteiger partial charge in [0, 0.05) is 6.04 Å². The van der Waals surface area contributed by atoms with Crippen LogP contribution in [0.15, 0.2) is 0 Å². The minimum atomic E-state index is 0.898. The van der Waals surface area contributed by atoms with Crippen molar-refractivity contribution < 1.29 is 0 Å². The third-order valence-corrected chi connectivity index (χ3v) is 2.52. The standard InChI is InChI=1S/C8H17N.C2H6/c1-4-7-5-8(6-7)9(2)3;1-2/h7-8H,4-6H2,1-3H3;1-2H3. The molecule has 11 heavy (non-hydrogen) atoms. The van der Waals surface area contributed by atoms with Crippen LogP contribution in [0, 0.1) is 5.92 Å². The van der Waals surface area contributed by atoms with Crippen LogP contribution in [0.5, 0.6) is 0 Å². The third-order valence-electron chi connectivity index (χ3n) is 2.52. The third kappa shape index (κ3) is 3.24. The summed E-state index contributed by atoms with van der Waals surface area (Å²) in [6.45, 7) is 6.29. The molecule has 0 spiro atoms. The molecule has 68 valence electrons. The lowest BCUT2D eigenvalue weighted by Gasteiger charge is -2.39. The Morgan fingerprint density at radius 2 is 1.64 bits per heavy atom. The van der Waals surface area contributed by atoms with Crippen LogP contribution in [0.1, 0.15) is 40.0 Å². The highest BCUT2D eigenvalue weighted by Gasteiger charge is 2.28. The van der Waals surface area contributed by atoms with Crippen LogP contribution < -0.4 is 0 Å². The van der Waals surface area contributed by atoms with E-state index in [4.69, 9.17) is 0 Å². The maximum atomic E-state index is 2.34. The van der Waals surface area contributed by atoms with Gasteiger partial charge in [-0.2, -0.15) is 0 Å². The monoisotopic (exact) mass is 157 g/mol. The van der Waals surface area contributed by atoms with E-state index in [0.29, 0.717) is 0 Å². The zero-order valence-corrected chi connectivity index (χ0v) is 8.72. The summed E-state index contributed by atoms with van der Waals surface area (Å²) in [5, 5.41) is 0. The van der Waals surface area contributed by atoms with E-state index in [1.54, 1.807) is 0 Å². The molecule has 0 aromatic heterocycles. The van der Waals surface area contributed by atoms with E-state index in [9.17, 15) is 0 Å². The molecule has 1 nitrogen and oxygen atoms in total. The molecule has 1 aliphatic carbocycles. The Labute approximate surface area is 71.8 Å². The normalized spacial score (nSPS) is 28.9. The topological polar surface area (TPSA) is 3.24 Å². The van der Waals surface area contributed by atoms with Gasteiger partial charge in [0.05, 0.1) is 0 Å². The van der Waals surface area contributed by atoms with Gasteiger partial charge in [-0.1, -0.05) is 27.2 Å². The van der Waals surface area contributed by atoms with Crippen molar-refractivity contribution in [3.8, 4) is 0 Å². The van der Waals surface area contributed by atoms with E-state index in [1.807, 2.05) is 13.8 Å². The van der Waals surface area contributed by atoms with E-state index in [2.05, 4.69) is 25.9 Å². The first-order valence-corrected chi connectivity index (χ1v) is 4.90. The van der Waals surface area contributed by atoms with Gasteiger partial charge in [-0.25, -0.2) is 0 Å². The average Bonchev–Trinajstić information content (AvgIpc) is 1.89. The Morgan fingerprint density at radius 1 is 1.18 bits per heavy atom. The van der Waals surface area contributed by atoms with Gasteiger partial charge in [0.15, 0.2) is 0 Å². The molecule has 1 heteroatoms. The van der Waals surface area contributed by atoms with Crippen LogP contribution in [0.25, 0.3) is 0 Å². The highest BCUT2D eigenvalue weighted by molar-refractivity contribution is 4.83. The minimum Gasteiger partial charge on any atom is -0.306 e. The van der Waals surface area contributed by atoms with Crippen molar-refractivity contribution in [2.45, 2.75) is 46.1 Å². The Morgan fingerprint density at radius 3 is 1.91 bits per heavy atom. The summed E-state index contributed by atoms with van der Waals surface area (Å²) in [6.07, 6.45) is 4.25. The van der Waals surface area contributed by atoms with Crippen molar-refractivity contribution in [1.29, 1.82) is 0 Å². The lowest BCUT2D eigenvalue weighted by molar-refractivity contribution is 0.121. The van der Waals surface area contributed by atoms with Gasteiger partial charge in [0.1, 0.15) is 0 Å². The van der Waals surface area contributed by atoms with Gasteiger partial charge >= 0.3 is 0 Å². The largest absolute Gasteiger partial charge is 0.306 e. The molecule has 1 fully saturated rings. The fourth-order valence-corrected chi connectivity index (χ4v) is 1.46. The lowest BCUT2D eigenvalue weighted by Crippen LogP contribution is -2.39. The summed E-state index contributed by atoms with van der Waals surface area (Å²) in [4.78, 5) is 2.34. The molecule has 1 saturated carbocycles. The second-order valence-electron chi connectivity index (χ2n) is 3.36. The number of hydrogen-bond donors (Lipinski definition) is 0. The highest BCUT2D eigenvalue weighted by Crippen LogP contribution is 2.32. The second kappa shape index (κ2) is 5.59. The Kier molecular flexibility index (Phi) is 5.57. The van der Waals surface area contributed by atoms with Crippen LogP contribution in [-0.2, 0) is 0 Å².